The van der Waals surface area contributed by atoms with E-state index in [-0.39, 0.29) is 20.6 Å². The zero-order chi connectivity index (χ0) is 23.5. The highest BCUT2D eigenvalue weighted by Crippen LogP contribution is 2.24. The summed E-state index contributed by atoms with van der Waals surface area (Å²) in [5.41, 5.74) is -0.166. The molecule has 2 rings (SSSR count). The molecule has 10 nitrogen and oxygen atoms in total. The Morgan fingerprint density at radius 3 is 2.58 bits per heavy atom. The van der Waals surface area contributed by atoms with Crippen molar-refractivity contribution in [2.24, 2.45) is 0 Å². The first-order valence-electron chi connectivity index (χ1n) is 8.77. The molecule has 1 aromatic carbocycles. The number of benzene rings is 1. The minimum atomic E-state index is -4.08. The SMILES string of the molecule is COC(=O)[C@H](C)N(C)S(=O)(=O)c1cc(NC(=O)Cn2ncc(Cl)c(Cl)c2=O)ccc1C. The van der Waals surface area contributed by atoms with Gasteiger partial charge in [0.05, 0.1) is 23.2 Å². The average Bonchev–Trinajstić information content (AvgIpc) is 2.73. The van der Waals surface area contributed by atoms with Crippen molar-refractivity contribution >= 4 is 50.8 Å². The molecule has 0 radical (unpaired) electrons. The first-order chi connectivity index (χ1) is 14.4. The lowest BCUT2D eigenvalue weighted by atomic mass is 10.2. The van der Waals surface area contributed by atoms with Crippen LogP contribution in [0.2, 0.25) is 10.0 Å². The van der Waals surface area contributed by atoms with Gasteiger partial charge in [0.25, 0.3) is 5.56 Å². The first-order valence-corrected chi connectivity index (χ1v) is 11.0. The molecule has 1 amide bonds. The summed E-state index contributed by atoms with van der Waals surface area (Å²) < 4.78 is 32.3. The number of rotatable bonds is 7. The molecule has 0 fully saturated rings. The third-order valence-electron chi connectivity index (χ3n) is 4.45. The van der Waals surface area contributed by atoms with Crippen LogP contribution in [0.4, 0.5) is 5.69 Å². The van der Waals surface area contributed by atoms with Gasteiger partial charge < -0.3 is 10.1 Å². The number of hydrogen-bond donors (Lipinski definition) is 1. The maximum atomic E-state index is 13.0. The zero-order valence-corrected chi connectivity index (χ0v) is 19.4. The van der Waals surface area contributed by atoms with E-state index in [2.05, 4.69) is 15.2 Å². The number of nitrogens with one attached hydrogen (secondary N) is 1. The van der Waals surface area contributed by atoms with Crippen molar-refractivity contribution in [3.05, 3.63) is 50.4 Å². The van der Waals surface area contributed by atoms with Gasteiger partial charge in [-0.15, -0.1) is 0 Å². The van der Waals surface area contributed by atoms with Crippen LogP contribution in [-0.4, -0.2) is 54.6 Å². The Balaban J connectivity index is 2.28. The highest BCUT2D eigenvalue weighted by molar-refractivity contribution is 7.89. The molecule has 1 N–H and O–H groups in total. The largest absolute Gasteiger partial charge is 0.468 e. The normalized spacial score (nSPS) is 12.5. The molecule has 1 aromatic heterocycles. The number of carbonyl (C=O) groups excluding carboxylic acids is 2. The highest BCUT2D eigenvalue weighted by atomic mass is 35.5. The molecule has 1 atom stereocenters. The Hall–Kier alpha value is -2.47. The maximum Gasteiger partial charge on any atom is 0.323 e. The van der Waals surface area contributed by atoms with Crippen molar-refractivity contribution in [1.29, 1.82) is 0 Å². The summed E-state index contributed by atoms with van der Waals surface area (Å²) in [6.45, 7) is 2.51. The maximum absolute atomic E-state index is 13.0. The number of anilines is 1. The number of ether oxygens (including phenoxy) is 1. The Kier molecular flexibility index (Phi) is 7.82. The molecular formula is C18H20Cl2N4O6S. The van der Waals surface area contributed by atoms with Crippen molar-refractivity contribution in [2.75, 3.05) is 19.5 Å². The van der Waals surface area contributed by atoms with Gasteiger partial charge in [-0.3, -0.25) is 14.4 Å². The summed E-state index contributed by atoms with van der Waals surface area (Å²) in [5.74, 6) is -1.36. The van der Waals surface area contributed by atoms with Crippen molar-refractivity contribution < 1.29 is 22.7 Å². The molecule has 0 spiro atoms. The summed E-state index contributed by atoms with van der Waals surface area (Å²) in [4.78, 5) is 36.0. The monoisotopic (exact) mass is 490 g/mol. The molecule has 2 aromatic rings. The number of methoxy groups -OCH3 is 1. The number of halogens is 2. The molecule has 0 unspecified atom stereocenters. The van der Waals surface area contributed by atoms with E-state index in [1.54, 1.807) is 6.92 Å². The van der Waals surface area contributed by atoms with Gasteiger partial charge in [0, 0.05) is 12.7 Å². The number of hydrogen-bond acceptors (Lipinski definition) is 7. The summed E-state index contributed by atoms with van der Waals surface area (Å²) in [6, 6.07) is 3.21. The number of aryl methyl sites for hydroxylation is 1. The second-order valence-electron chi connectivity index (χ2n) is 6.52. The van der Waals surface area contributed by atoms with E-state index in [4.69, 9.17) is 23.2 Å². The van der Waals surface area contributed by atoms with Crippen LogP contribution < -0.4 is 10.9 Å². The molecular weight excluding hydrogens is 471 g/mol. The van der Waals surface area contributed by atoms with E-state index >= 15 is 0 Å². The lowest BCUT2D eigenvalue weighted by Crippen LogP contribution is -2.41. The molecule has 0 aliphatic carbocycles. The van der Waals surface area contributed by atoms with Crippen LogP contribution in [0.15, 0.2) is 34.1 Å². The number of likely N-dealkylation sites (N-methyl/N-ethyl adjacent to an activating group) is 1. The van der Waals surface area contributed by atoms with Gasteiger partial charge in [-0.25, -0.2) is 13.1 Å². The number of esters is 1. The van der Waals surface area contributed by atoms with Gasteiger partial charge in [-0.2, -0.15) is 9.40 Å². The fourth-order valence-electron chi connectivity index (χ4n) is 2.53. The second kappa shape index (κ2) is 9.77. The van der Waals surface area contributed by atoms with Crippen LogP contribution in [0.3, 0.4) is 0 Å². The van der Waals surface area contributed by atoms with E-state index in [0.717, 1.165) is 22.3 Å². The lowest BCUT2D eigenvalue weighted by Gasteiger charge is -2.23. The molecule has 0 saturated heterocycles. The van der Waals surface area contributed by atoms with Crippen molar-refractivity contribution in [3.8, 4) is 0 Å². The van der Waals surface area contributed by atoms with E-state index in [9.17, 15) is 22.8 Å². The van der Waals surface area contributed by atoms with Gasteiger partial charge in [0.2, 0.25) is 15.9 Å². The highest BCUT2D eigenvalue weighted by Gasteiger charge is 2.31. The minimum Gasteiger partial charge on any atom is -0.468 e. The Labute approximate surface area is 188 Å². The summed E-state index contributed by atoms with van der Waals surface area (Å²) in [6.07, 6.45) is 1.13. The molecule has 1 heterocycles. The Morgan fingerprint density at radius 1 is 1.32 bits per heavy atom. The fraction of sp³-hybridized carbons (Fsp3) is 0.333. The predicted molar refractivity (Wildman–Crippen MR) is 115 cm³/mol. The average molecular weight is 491 g/mol. The zero-order valence-electron chi connectivity index (χ0n) is 17.0. The number of sulfonamides is 1. The van der Waals surface area contributed by atoms with Crippen LogP contribution in [0.1, 0.15) is 12.5 Å². The molecule has 0 aliphatic heterocycles. The van der Waals surface area contributed by atoms with Crippen LogP contribution in [0.5, 0.6) is 0 Å². The first kappa shape index (κ1) is 24.8. The number of nitrogens with zero attached hydrogens (tertiary/aromatic N) is 3. The van der Waals surface area contributed by atoms with E-state index in [1.165, 1.54) is 32.2 Å². The van der Waals surface area contributed by atoms with E-state index in [0.29, 0.717) is 5.56 Å². The number of carbonyl (C=O) groups is 2. The number of aromatic nitrogens is 2. The van der Waals surface area contributed by atoms with Crippen LogP contribution in [-0.2, 0) is 30.9 Å². The van der Waals surface area contributed by atoms with Gasteiger partial charge in [-0.05, 0) is 31.5 Å². The third-order valence-corrected chi connectivity index (χ3v) is 7.27. The summed E-state index contributed by atoms with van der Waals surface area (Å²) in [7, 11) is -1.66. The molecule has 0 saturated carbocycles. The standard InChI is InChI=1S/C18H20Cl2N4O6S/c1-10-5-6-12(7-14(10)31(28,29)23(3)11(2)18(27)30-4)22-15(25)9-24-17(26)16(20)13(19)8-21-24/h5-8,11H,9H2,1-4H3,(H,22,25)/t11-/m0/s1. The lowest BCUT2D eigenvalue weighted by molar-refractivity contribution is -0.144. The van der Waals surface area contributed by atoms with Gasteiger partial charge in [-0.1, -0.05) is 29.3 Å². The predicted octanol–water partition coefficient (Wildman–Crippen LogP) is 1.68. The second-order valence-corrected chi connectivity index (χ2v) is 9.27. The van der Waals surface area contributed by atoms with Crippen LogP contribution in [0, 0.1) is 6.92 Å². The van der Waals surface area contributed by atoms with Crippen LogP contribution in [0.25, 0.3) is 0 Å². The van der Waals surface area contributed by atoms with Crippen molar-refractivity contribution in [3.63, 3.8) is 0 Å². The molecule has 31 heavy (non-hydrogen) atoms. The Morgan fingerprint density at radius 2 is 1.97 bits per heavy atom. The van der Waals surface area contributed by atoms with E-state index < -0.39 is 40.0 Å². The van der Waals surface area contributed by atoms with E-state index in [1.807, 2.05) is 0 Å². The smallest absolute Gasteiger partial charge is 0.323 e. The minimum absolute atomic E-state index is 0.0398. The molecule has 13 heteroatoms. The van der Waals surface area contributed by atoms with Crippen molar-refractivity contribution in [2.45, 2.75) is 31.3 Å². The molecule has 168 valence electrons. The molecule has 0 aliphatic rings. The topological polar surface area (TPSA) is 128 Å². The van der Waals surface area contributed by atoms with Gasteiger partial charge in [0.1, 0.15) is 17.6 Å². The van der Waals surface area contributed by atoms with Gasteiger partial charge >= 0.3 is 5.97 Å². The van der Waals surface area contributed by atoms with Gasteiger partial charge in [0.15, 0.2) is 0 Å². The van der Waals surface area contributed by atoms with Crippen molar-refractivity contribution in [1.82, 2.24) is 14.1 Å². The fourth-order valence-corrected chi connectivity index (χ4v) is 4.37. The summed E-state index contributed by atoms with van der Waals surface area (Å²) >= 11 is 11.5. The number of amides is 1. The third kappa shape index (κ3) is 5.42. The Bertz CT molecular complexity index is 1180. The molecule has 0 bridgehead atoms. The van der Waals surface area contributed by atoms with Crippen LogP contribution >= 0.6 is 23.2 Å². The summed E-state index contributed by atoms with van der Waals surface area (Å²) in [5, 5.41) is 5.94. The quantitative estimate of drug-likeness (QED) is 0.584.